The van der Waals surface area contributed by atoms with E-state index >= 15 is 0 Å². The summed E-state index contributed by atoms with van der Waals surface area (Å²) in [5.74, 6) is 1.89. The SMILES string of the molecule is O=S(=O)(NCCO)c1ccc(-c2ncc(Cl)c(Nc3cc(C4CC4)[nH]n3)n2)s1. The second-order valence-electron chi connectivity index (χ2n) is 6.24. The Labute approximate surface area is 170 Å². The van der Waals surface area contributed by atoms with Gasteiger partial charge in [-0.25, -0.2) is 23.1 Å². The van der Waals surface area contributed by atoms with Crippen LogP contribution in [0.15, 0.2) is 28.6 Å². The Kier molecular flexibility index (Phi) is 5.34. The summed E-state index contributed by atoms with van der Waals surface area (Å²) < 4.78 is 26.7. The number of hydrogen-bond acceptors (Lipinski definition) is 8. The van der Waals surface area contributed by atoms with Gasteiger partial charge < -0.3 is 10.4 Å². The molecule has 1 fully saturated rings. The summed E-state index contributed by atoms with van der Waals surface area (Å²) in [5.41, 5.74) is 1.08. The van der Waals surface area contributed by atoms with Crippen molar-refractivity contribution in [3.8, 4) is 10.7 Å². The van der Waals surface area contributed by atoms with Crippen molar-refractivity contribution < 1.29 is 13.5 Å². The maximum Gasteiger partial charge on any atom is 0.250 e. The summed E-state index contributed by atoms with van der Waals surface area (Å²) in [6, 6.07) is 5.03. The van der Waals surface area contributed by atoms with E-state index in [1.807, 2.05) is 6.07 Å². The molecule has 12 heteroatoms. The summed E-state index contributed by atoms with van der Waals surface area (Å²) >= 11 is 7.23. The molecule has 0 aliphatic heterocycles. The molecular formula is C16H17ClN6O3S2. The third-order valence-corrected chi connectivity index (χ3v) is 7.39. The standard InChI is InChI=1S/C16H17ClN6O3S2/c17-10-8-18-16(12-3-4-14(27-12)28(25,26)19-5-6-24)21-15(10)20-13-7-11(22-23-13)9-1-2-9/h3-4,7-9,19,24H,1-2,5-6H2,(H2,18,20,21,22,23). The maximum atomic E-state index is 12.2. The smallest absolute Gasteiger partial charge is 0.250 e. The van der Waals surface area contributed by atoms with Crippen molar-refractivity contribution >= 4 is 44.6 Å². The number of thiophene rings is 1. The third kappa shape index (κ3) is 4.18. The van der Waals surface area contributed by atoms with Crippen molar-refractivity contribution in [3.05, 3.63) is 35.1 Å². The molecule has 0 amide bonds. The van der Waals surface area contributed by atoms with Crippen LogP contribution in [-0.4, -0.2) is 46.8 Å². The highest BCUT2D eigenvalue weighted by Crippen LogP contribution is 2.40. The second kappa shape index (κ2) is 7.76. The summed E-state index contributed by atoms with van der Waals surface area (Å²) in [6.45, 7) is -0.323. The van der Waals surface area contributed by atoms with Gasteiger partial charge in [0, 0.05) is 24.2 Å². The fraction of sp³-hybridized carbons (Fsp3) is 0.312. The zero-order chi connectivity index (χ0) is 19.7. The first-order chi connectivity index (χ1) is 13.5. The van der Waals surface area contributed by atoms with Crippen molar-refractivity contribution in [2.45, 2.75) is 23.0 Å². The van der Waals surface area contributed by atoms with Crippen LogP contribution in [0.5, 0.6) is 0 Å². The Morgan fingerprint density at radius 1 is 1.36 bits per heavy atom. The van der Waals surface area contributed by atoms with Crippen LogP contribution in [0.4, 0.5) is 11.6 Å². The van der Waals surface area contributed by atoms with Gasteiger partial charge in [0.2, 0.25) is 10.0 Å². The van der Waals surface area contributed by atoms with Gasteiger partial charge in [-0.05, 0) is 25.0 Å². The summed E-state index contributed by atoms with van der Waals surface area (Å²) in [6.07, 6.45) is 3.78. The van der Waals surface area contributed by atoms with E-state index in [1.54, 1.807) is 6.07 Å². The van der Waals surface area contributed by atoms with Crippen LogP contribution in [-0.2, 0) is 10.0 Å². The summed E-state index contributed by atoms with van der Waals surface area (Å²) in [4.78, 5) is 9.18. The number of aliphatic hydroxyl groups excluding tert-OH is 1. The van der Waals surface area contributed by atoms with E-state index < -0.39 is 10.0 Å². The quantitative estimate of drug-likeness (QED) is 0.422. The van der Waals surface area contributed by atoms with Crippen LogP contribution in [0.1, 0.15) is 24.5 Å². The first kappa shape index (κ1) is 19.3. The van der Waals surface area contributed by atoms with Gasteiger partial charge in [-0.2, -0.15) is 5.10 Å². The van der Waals surface area contributed by atoms with E-state index in [0.717, 1.165) is 29.9 Å². The van der Waals surface area contributed by atoms with Gasteiger partial charge in [0.05, 0.1) is 17.7 Å². The molecule has 3 aromatic heterocycles. The van der Waals surface area contributed by atoms with Crippen LogP contribution in [0.25, 0.3) is 10.7 Å². The summed E-state index contributed by atoms with van der Waals surface area (Å²) in [7, 11) is -3.68. The van der Waals surface area contributed by atoms with Crippen molar-refractivity contribution in [1.29, 1.82) is 0 Å². The molecule has 0 radical (unpaired) electrons. The zero-order valence-electron chi connectivity index (χ0n) is 14.5. The van der Waals surface area contributed by atoms with E-state index in [2.05, 4.69) is 30.2 Å². The van der Waals surface area contributed by atoms with E-state index in [-0.39, 0.29) is 17.4 Å². The second-order valence-corrected chi connectivity index (χ2v) is 9.72. The number of aliphatic hydroxyl groups is 1. The number of H-pyrrole nitrogens is 1. The third-order valence-electron chi connectivity index (χ3n) is 4.08. The number of nitrogens with zero attached hydrogens (tertiary/aromatic N) is 3. The molecule has 3 heterocycles. The Bertz CT molecular complexity index is 1090. The Morgan fingerprint density at radius 2 is 2.18 bits per heavy atom. The number of sulfonamides is 1. The molecule has 0 aromatic carbocycles. The first-order valence-electron chi connectivity index (χ1n) is 8.52. The molecule has 1 saturated carbocycles. The molecule has 4 rings (SSSR count). The highest BCUT2D eigenvalue weighted by molar-refractivity contribution is 7.91. The van der Waals surface area contributed by atoms with Gasteiger partial charge in [-0.1, -0.05) is 11.6 Å². The molecule has 3 aromatic rings. The van der Waals surface area contributed by atoms with E-state index in [4.69, 9.17) is 16.7 Å². The largest absolute Gasteiger partial charge is 0.395 e. The Hall–Kier alpha value is -2.05. The minimum atomic E-state index is -3.68. The molecule has 0 saturated heterocycles. The molecule has 0 spiro atoms. The lowest BCUT2D eigenvalue weighted by atomic mass is 10.3. The highest BCUT2D eigenvalue weighted by atomic mass is 35.5. The lowest BCUT2D eigenvalue weighted by Gasteiger charge is -2.05. The minimum Gasteiger partial charge on any atom is -0.395 e. The monoisotopic (exact) mass is 440 g/mol. The van der Waals surface area contributed by atoms with E-state index in [9.17, 15) is 8.42 Å². The van der Waals surface area contributed by atoms with Crippen molar-refractivity contribution in [2.24, 2.45) is 0 Å². The normalized spacial score (nSPS) is 14.4. The summed E-state index contributed by atoms with van der Waals surface area (Å²) in [5, 5.41) is 19.4. The molecule has 0 unspecified atom stereocenters. The topological polar surface area (TPSA) is 133 Å². The van der Waals surface area contributed by atoms with Gasteiger partial charge in [-0.15, -0.1) is 11.3 Å². The zero-order valence-corrected chi connectivity index (χ0v) is 16.9. The van der Waals surface area contributed by atoms with Crippen molar-refractivity contribution in [1.82, 2.24) is 24.9 Å². The molecule has 4 N–H and O–H groups in total. The van der Waals surface area contributed by atoms with E-state index in [0.29, 0.717) is 33.3 Å². The molecule has 1 aliphatic rings. The van der Waals surface area contributed by atoms with Crippen LogP contribution in [0.3, 0.4) is 0 Å². The van der Waals surface area contributed by atoms with Crippen molar-refractivity contribution in [3.63, 3.8) is 0 Å². The Morgan fingerprint density at radius 3 is 2.93 bits per heavy atom. The van der Waals surface area contributed by atoms with Crippen LogP contribution >= 0.6 is 22.9 Å². The number of halogens is 1. The van der Waals surface area contributed by atoms with Gasteiger partial charge >= 0.3 is 0 Å². The van der Waals surface area contributed by atoms with Gasteiger partial charge in [0.15, 0.2) is 17.5 Å². The van der Waals surface area contributed by atoms with Crippen LogP contribution in [0, 0.1) is 0 Å². The molecule has 148 valence electrons. The number of hydrogen-bond donors (Lipinski definition) is 4. The minimum absolute atomic E-state index is 0.0480. The van der Waals surface area contributed by atoms with Gasteiger partial charge in [0.25, 0.3) is 0 Å². The van der Waals surface area contributed by atoms with Crippen molar-refractivity contribution in [2.75, 3.05) is 18.5 Å². The van der Waals surface area contributed by atoms with Gasteiger partial charge in [-0.3, -0.25) is 5.10 Å². The number of aromatic amines is 1. The molecule has 28 heavy (non-hydrogen) atoms. The number of aromatic nitrogens is 4. The highest BCUT2D eigenvalue weighted by Gasteiger charge is 2.25. The lowest BCUT2D eigenvalue weighted by Crippen LogP contribution is -2.25. The van der Waals surface area contributed by atoms with E-state index in [1.165, 1.54) is 12.3 Å². The molecule has 0 atom stereocenters. The predicted molar refractivity (Wildman–Crippen MR) is 106 cm³/mol. The molecule has 1 aliphatic carbocycles. The van der Waals surface area contributed by atoms with Crippen LogP contribution < -0.4 is 10.0 Å². The average molecular weight is 441 g/mol. The maximum absolute atomic E-state index is 12.2. The molecular weight excluding hydrogens is 424 g/mol. The average Bonchev–Trinajstić information content (AvgIpc) is 3.21. The fourth-order valence-electron chi connectivity index (χ4n) is 2.53. The number of anilines is 2. The van der Waals surface area contributed by atoms with Crippen LogP contribution in [0.2, 0.25) is 5.02 Å². The first-order valence-corrected chi connectivity index (χ1v) is 11.2. The van der Waals surface area contributed by atoms with Gasteiger partial charge in [0.1, 0.15) is 9.23 Å². The molecule has 9 nitrogen and oxygen atoms in total. The number of nitrogens with one attached hydrogen (secondary N) is 3. The predicted octanol–water partition coefficient (Wildman–Crippen LogP) is 2.47. The molecule has 0 bridgehead atoms. The number of rotatable bonds is 8. The fourth-order valence-corrected chi connectivity index (χ4v) is 4.99. The lowest BCUT2D eigenvalue weighted by molar-refractivity contribution is 0.301. The Balaban J connectivity index is 1.56.